The number of carboxylic acid groups (broad SMARTS) is 1. The van der Waals surface area contributed by atoms with Crippen LogP contribution in [0.4, 0.5) is 13.2 Å². The van der Waals surface area contributed by atoms with Crippen LogP contribution in [-0.4, -0.2) is 16.2 Å². The van der Waals surface area contributed by atoms with Crippen molar-refractivity contribution in [3.8, 4) is 11.3 Å². The molecule has 0 bridgehead atoms. The Hall–Kier alpha value is -1.83. The largest absolute Gasteiger partial charge is 0.475 e. The highest BCUT2D eigenvalue weighted by Crippen LogP contribution is 2.32. The average molecular weight is 322 g/mol. The van der Waals surface area contributed by atoms with Crippen LogP contribution in [0.3, 0.4) is 0 Å². The third-order valence-corrected chi connectivity index (χ3v) is 2.82. The molecule has 0 fully saturated rings. The summed E-state index contributed by atoms with van der Waals surface area (Å²) < 4.78 is 43.9. The van der Waals surface area contributed by atoms with E-state index in [1.54, 1.807) is 0 Å². The summed E-state index contributed by atoms with van der Waals surface area (Å²) in [4.78, 5) is 10.5. The Morgan fingerprint density at radius 2 is 1.94 bits per heavy atom. The zero-order valence-electron chi connectivity index (χ0n) is 8.38. The van der Waals surface area contributed by atoms with Gasteiger partial charge in [-0.15, -0.1) is 0 Å². The Kier molecular flexibility index (Phi) is 3.12. The molecule has 0 atom stereocenters. The first kappa shape index (κ1) is 12.6. The number of hydrogen-bond acceptors (Lipinski definition) is 3. The molecule has 18 heavy (non-hydrogen) atoms. The Bertz CT molecular complexity index is 642. The molecule has 1 aromatic carbocycles. The molecule has 94 valence electrons. The summed E-state index contributed by atoms with van der Waals surface area (Å²) in [7, 11) is 0. The van der Waals surface area contributed by atoms with Crippen LogP contribution in [0.2, 0.25) is 0 Å². The molecule has 2 aromatic rings. The smallest absolute Gasteiger partial charge is 0.374 e. The number of aromatic carboxylic acids is 1. The Balaban J connectivity index is 2.63. The van der Waals surface area contributed by atoms with Crippen LogP contribution < -0.4 is 0 Å². The monoisotopic (exact) mass is 321 g/mol. The number of hydrogen-bond donors (Lipinski definition) is 1. The van der Waals surface area contributed by atoms with Gasteiger partial charge in [0.2, 0.25) is 5.76 Å². The number of aromatic nitrogens is 1. The second-order valence-corrected chi connectivity index (χ2v) is 4.02. The van der Waals surface area contributed by atoms with Gasteiger partial charge in [0.05, 0.1) is 10.0 Å². The molecule has 0 aliphatic carbocycles. The van der Waals surface area contributed by atoms with Crippen molar-refractivity contribution in [2.45, 2.75) is 0 Å². The van der Waals surface area contributed by atoms with Gasteiger partial charge < -0.3 is 9.63 Å². The number of carbonyl (C=O) groups is 1. The van der Waals surface area contributed by atoms with Gasteiger partial charge in [0.25, 0.3) is 0 Å². The molecule has 0 spiro atoms. The second kappa shape index (κ2) is 4.45. The lowest BCUT2D eigenvalue weighted by Gasteiger charge is -2.03. The van der Waals surface area contributed by atoms with Crippen molar-refractivity contribution in [3.05, 3.63) is 39.8 Å². The van der Waals surface area contributed by atoms with Crippen molar-refractivity contribution in [2.75, 3.05) is 0 Å². The lowest BCUT2D eigenvalue weighted by atomic mass is 10.1. The molecule has 0 saturated heterocycles. The van der Waals surface area contributed by atoms with E-state index in [9.17, 15) is 18.0 Å². The van der Waals surface area contributed by atoms with Crippen LogP contribution >= 0.6 is 15.9 Å². The highest BCUT2D eigenvalue weighted by atomic mass is 79.9. The predicted molar refractivity (Wildman–Crippen MR) is 56.5 cm³/mol. The van der Waals surface area contributed by atoms with Gasteiger partial charge in [0.15, 0.2) is 5.82 Å². The quantitative estimate of drug-likeness (QED) is 0.681. The molecule has 1 heterocycles. The molecule has 0 unspecified atom stereocenters. The normalized spacial score (nSPS) is 10.7. The molecule has 8 heteroatoms. The van der Waals surface area contributed by atoms with Crippen molar-refractivity contribution in [1.29, 1.82) is 0 Å². The standard InChI is InChI=1S/C10H3BrF3NO3/c11-8-4(13)1-3(12)7(9(8)14)5-2-6(10(16)17)18-15-5/h1-2H,(H,16,17). The van der Waals surface area contributed by atoms with Crippen LogP contribution in [-0.2, 0) is 0 Å². The molecule has 0 aliphatic heterocycles. The molecule has 0 saturated carbocycles. The summed E-state index contributed by atoms with van der Waals surface area (Å²) in [6, 6.07) is 1.30. The van der Waals surface area contributed by atoms with E-state index in [0.29, 0.717) is 6.07 Å². The first-order chi connectivity index (χ1) is 8.41. The summed E-state index contributed by atoms with van der Waals surface area (Å²) >= 11 is 2.61. The molecular formula is C10H3BrF3NO3. The van der Waals surface area contributed by atoms with Crippen LogP contribution in [0.5, 0.6) is 0 Å². The fraction of sp³-hybridized carbons (Fsp3) is 0. The lowest BCUT2D eigenvalue weighted by Crippen LogP contribution is -1.95. The first-order valence-electron chi connectivity index (χ1n) is 4.45. The Labute approximate surface area is 106 Å². The SMILES string of the molecule is O=C(O)c1cc(-c2c(F)cc(F)c(Br)c2F)no1. The maximum atomic E-state index is 13.7. The summed E-state index contributed by atoms with van der Waals surface area (Å²) in [6.07, 6.45) is 0. The highest BCUT2D eigenvalue weighted by Gasteiger charge is 2.22. The molecule has 0 aliphatic rings. The molecular weight excluding hydrogens is 319 g/mol. The first-order valence-corrected chi connectivity index (χ1v) is 5.24. The minimum absolute atomic E-state index is 0.372. The second-order valence-electron chi connectivity index (χ2n) is 3.22. The van der Waals surface area contributed by atoms with Gasteiger partial charge in [-0.05, 0) is 15.9 Å². The van der Waals surface area contributed by atoms with Crippen molar-refractivity contribution in [3.63, 3.8) is 0 Å². The van der Waals surface area contributed by atoms with E-state index in [0.717, 1.165) is 6.07 Å². The Morgan fingerprint density at radius 1 is 1.28 bits per heavy atom. The van der Waals surface area contributed by atoms with Crippen LogP contribution in [0.25, 0.3) is 11.3 Å². The van der Waals surface area contributed by atoms with Gasteiger partial charge in [0, 0.05) is 12.1 Å². The zero-order valence-corrected chi connectivity index (χ0v) is 9.96. The number of rotatable bonds is 2. The third-order valence-electron chi connectivity index (χ3n) is 2.09. The average Bonchev–Trinajstić information content (AvgIpc) is 2.75. The van der Waals surface area contributed by atoms with Gasteiger partial charge in [-0.3, -0.25) is 0 Å². The fourth-order valence-electron chi connectivity index (χ4n) is 1.29. The maximum absolute atomic E-state index is 13.7. The van der Waals surface area contributed by atoms with E-state index >= 15 is 0 Å². The summed E-state index contributed by atoms with van der Waals surface area (Å²) in [5.74, 6) is -5.56. The van der Waals surface area contributed by atoms with E-state index in [1.807, 2.05) is 0 Å². The van der Waals surface area contributed by atoms with E-state index in [-0.39, 0.29) is 5.69 Å². The zero-order chi connectivity index (χ0) is 13.4. The van der Waals surface area contributed by atoms with Crippen LogP contribution in [0, 0.1) is 17.5 Å². The molecule has 0 amide bonds. The topological polar surface area (TPSA) is 63.3 Å². The van der Waals surface area contributed by atoms with Gasteiger partial charge in [-0.2, -0.15) is 0 Å². The summed E-state index contributed by atoms with van der Waals surface area (Å²) in [5.41, 5.74) is -1.04. The van der Waals surface area contributed by atoms with Gasteiger partial charge in [0.1, 0.15) is 17.3 Å². The summed E-state index contributed by atoms with van der Waals surface area (Å²) in [5, 5.41) is 11.8. The number of halogens is 4. The van der Waals surface area contributed by atoms with Crippen LogP contribution in [0.1, 0.15) is 10.6 Å². The molecule has 1 N–H and O–H groups in total. The molecule has 0 radical (unpaired) electrons. The fourth-order valence-corrected chi connectivity index (χ4v) is 1.61. The number of benzene rings is 1. The maximum Gasteiger partial charge on any atom is 0.374 e. The predicted octanol–water partition coefficient (Wildman–Crippen LogP) is 3.22. The van der Waals surface area contributed by atoms with Crippen molar-refractivity contribution in [1.82, 2.24) is 5.16 Å². The number of nitrogens with zero attached hydrogens (tertiary/aromatic N) is 1. The van der Waals surface area contributed by atoms with E-state index in [1.165, 1.54) is 0 Å². The minimum atomic E-state index is -1.43. The molecule has 4 nitrogen and oxygen atoms in total. The van der Waals surface area contributed by atoms with E-state index < -0.39 is 39.2 Å². The van der Waals surface area contributed by atoms with Crippen molar-refractivity contribution >= 4 is 21.9 Å². The molecule has 2 rings (SSSR count). The van der Waals surface area contributed by atoms with Crippen molar-refractivity contribution < 1.29 is 27.6 Å². The Morgan fingerprint density at radius 3 is 2.50 bits per heavy atom. The van der Waals surface area contributed by atoms with Gasteiger partial charge in [-0.1, -0.05) is 5.16 Å². The van der Waals surface area contributed by atoms with E-state index in [4.69, 9.17) is 5.11 Å². The van der Waals surface area contributed by atoms with Gasteiger partial charge >= 0.3 is 5.97 Å². The lowest BCUT2D eigenvalue weighted by molar-refractivity contribution is 0.0652. The van der Waals surface area contributed by atoms with Crippen molar-refractivity contribution in [2.24, 2.45) is 0 Å². The molecule has 1 aromatic heterocycles. The number of carboxylic acids is 1. The third kappa shape index (κ3) is 1.99. The van der Waals surface area contributed by atoms with Crippen LogP contribution in [0.15, 0.2) is 21.1 Å². The summed E-state index contributed by atoms with van der Waals surface area (Å²) in [6.45, 7) is 0. The van der Waals surface area contributed by atoms with Gasteiger partial charge in [-0.25, -0.2) is 18.0 Å². The minimum Gasteiger partial charge on any atom is -0.475 e. The van der Waals surface area contributed by atoms with E-state index in [2.05, 4.69) is 25.6 Å². The highest BCUT2D eigenvalue weighted by molar-refractivity contribution is 9.10.